The van der Waals surface area contributed by atoms with Crippen LogP contribution < -0.4 is 16.0 Å². The van der Waals surface area contributed by atoms with Gasteiger partial charge in [0.1, 0.15) is 12.2 Å². The van der Waals surface area contributed by atoms with Gasteiger partial charge >= 0.3 is 0 Å². The number of nitrogens with zero attached hydrogens (tertiary/aromatic N) is 4. The second kappa shape index (κ2) is 13.7. The molecule has 0 aliphatic carbocycles. The summed E-state index contributed by atoms with van der Waals surface area (Å²) in [5.74, 6) is 1.85. The number of benzene rings is 1. The molecule has 32 heavy (non-hydrogen) atoms. The van der Waals surface area contributed by atoms with E-state index in [1.807, 2.05) is 0 Å². The van der Waals surface area contributed by atoms with Crippen molar-refractivity contribution in [2.75, 3.05) is 32.8 Å². The average Bonchev–Trinajstić information content (AvgIpc) is 3.26. The van der Waals surface area contributed by atoms with Crippen molar-refractivity contribution in [3.05, 3.63) is 48.0 Å². The van der Waals surface area contributed by atoms with E-state index in [0.717, 1.165) is 63.9 Å². The lowest BCUT2D eigenvalue weighted by molar-refractivity contribution is 0.0374. The number of aliphatic imine (C=N–C) groups is 1. The predicted molar refractivity (Wildman–Crippen MR) is 140 cm³/mol. The monoisotopic (exact) mass is 555 g/mol. The van der Waals surface area contributed by atoms with Crippen molar-refractivity contribution in [1.82, 2.24) is 30.7 Å². The lowest BCUT2D eigenvalue weighted by atomic mass is 9.88. The molecule has 1 aromatic carbocycles. The maximum Gasteiger partial charge on any atom is 0.191 e. The lowest BCUT2D eigenvalue weighted by Crippen LogP contribution is -2.53. The molecule has 1 unspecified atom stereocenters. The van der Waals surface area contributed by atoms with Crippen LogP contribution in [-0.4, -0.2) is 59.1 Å². The SMILES string of the molecule is CCNC(=NCC1(NC(C)c2ccccc2)CCOCC1)NCCn1cnnc1CC.I. The van der Waals surface area contributed by atoms with Crippen LogP contribution in [0, 0.1) is 0 Å². The molecular formula is C23H38IN7O. The molecule has 0 spiro atoms. The van der Waals surface area contributed by atoms with E-state index in [1.165, 1.54) is 5.56 Å². The van der Waals surface area contributed by atoms with Gasteiger partial charge in [0.25, 0.3) is 0 Å². The van der Waals surface area contributed by atoms with Crippen molar-refractivity contribution < 1.29 is 4.74 Å². The molecule has 3 N–H and O–H groups in total. The number of hydrogen-bond donors (Lipinski definition) is 3. The number of hydrogen-bond acceptors (Lipinski definition) is 5. The minimum Gasteiger partial charge on any atom is -0.381 e. The Labute approximate surface area is 209 Å². The van der Waals surface area contributed by atoms with Crippen molar-refractivity contribution in [2.24, 2.45) is 4.99 Å². The molecule has 2 aromatic rings. The van der Waals surface area contributed by atoms with Gasteiger partial charge < -0.3 is 25.3 Å². The molecular weight excluding hydrogens is 517 g/mol. The Hall–Kier alpha value is -1.72. The van der Waals surface area contributed by atoms with Crippen LogP contribution in [0.4, 0.5) is 0 Å². The van der Waals surface area contributed by atoms with E-state index in [4.69, 9.17) is 9.73 Å². The van der Waals surface area contributed by atoms with Crippen LogP contribution >= 0.6 is 24.0 Å². The molecule has 1 aliphatic rings. The van der Waals surface area contributed by atoms with E-state index < -0.39 is 0 Å². The van der Waals surface area contributed by atoms with Crippen LogP contribution in [0.2, 0.25) is 0 Å². The molecule has 8 nitrogen and oxygen atoms in total. The first-order valence-electron chi connectivity index (χ1n) is 11.4. The normalized spacial score (nSPS) is 16.8. The first-order valence-corrected chi connectivity index (χ1v) is 11.4. The van der Waals surface area contributed by atoms with Crippen LogP contribution in [0.25, 0.3) is 0 Å². The van der Waals surface area contributed by atoms with Gasteiger partial charge in [0, 0.05) is 50.8 Å². The zero-order valence-electron chi connectivity index (χ0n) is 19.5. The van der Waals surface area contributed by atoms with Crippen LogP contribution in [0.15, 0.2) is 41.7 Å². The Morgan fingerprint density at radius 1 is 1.19 bits per heavy atom. The third-order valence-corrected chi connectivity index (χ3v) is 5.81. The Morgan fingerprint density at radius 3 is 2.62 bits per heavy atom. The first kappa shape index (κ1) is 26.5. The number of halogens is 1. The maximum absolute atomic E-state index is 5.66. The average molecular weight is 556 g/mol. The summed E-state index contributed by atoms with van der Waals surface area (Å²) in [6, 6.07) is 10.9. The molecule has 1 aliphatic heterocycles. The van der Waals surface area contributed by atoms with E-state index in [-0.39, 0.29) is 35.6 Å². The van der Waals surface area contributed by atoms with Crippen LogP contribution in [-0.2, 0) is 17.7 Å². The lowest BCUT2D eigenvalue weighted by Gasteiger charge is -2.39. The minimum absolute atomic E-state index is 0. The van der Waals surface area contributed by atoms with E-state index in [2.05, 4.69) is 81.8 Å². The smallest absolute Gasteiger partial charge is 0.191 e. The fourth-order valence-electron chi connectivity index (χ4n) is 4.00. The summed E-state index contributed by atoms with van der Waals surface area (Å²) in [4.78, 5) is 4.95. The van der Waals surface area contributed by atoms with Gasteiger partial charge in [-0.05, 0) is 32.3 Å². The highest BCUT2D eigenvalue weighted by Crippen LogP contribution is 2.26. The van der Waals surface area contributed by atoms with E-state index in [1.54, 1.807) is 6.33 Å². The third-order valence-electron chi connectivity index (χ3n) is 5.81. The second-order valence-electron chi connectivity index (χ2n) is 8.09. The topological polar surface area (TPSA) is 88.4 Å². The highest BCUT2D eigenvalue weighted by atomic mass is 127. The number of rotatable bonds is 10. The van der Waals surface area contributed by atoms with Crippen LogP contribution in [0.3, 0.4) is 0 Å². The Balaban J connectivity index is 0.00000363. The highest BCUT2D eigenvalue weighted by Gasteiger charge is 2.34. The van der Waals surface area contributed by atoms with Crippen molar-refractivity contribution >= 4 is 29.9 Å². The molecule has 1 saturated heterocycles. The highest BCUT2D eigenvalue weighted by molar-refractivity contribution is 14.0. The molecule has 0 bridgehead atoms. The molecule has 1 fully saturated rings. The summed E-state index contributed by atoms with van der Waals surface area (Å²) in [5, 5.41) is 18.9. The summed E-state index contributed by atoms with van der Waals surface area (Å²) >= 11 is 0. The maximum atomic E-state index is 5.66. The largest absolute Gasteiger partial charge is 0.381 e. The van der Waals surface area contributed by atoms with Gasteiger partial charge in [0.2, 0.25) is 0 Å². The van der Waals surface area contributed by atoms with Gasteiger partial charge in [0.05, 0.1) is 6.54 Å². The van der Waals surface area contributed by atoms with E-state index in [0.29, 0.717) is 6.54 Å². The number of aryl methyl sites for hydroxylation is 1. The van der Waals surface area contributed by atoms with Crippen LogP contribution in [0.1, 0.15) is 51.0 Å². The molecule has 0 saturated carbocycles. The van der Waals surface area contributed by atoms with Gasteiger partial charge in [-0.3, -0.25) is 4.99 Å². The fourth-order valence-corrected chi connectivity index (χ4v) is 4.00. The Kier molecular flexibility index (Phi) is 11.4. The standard InChI is InChI=1S/C23H37N7O.HI/c1-4-21-29-27-18-30(21)14-13-25-22(24-5-2)26-17-23(11-15-31-16-12-23)28-19(3)20-9-7-6-8-10-20;/h6-10,18-19,28H,4-5,11-17H2,1-3H3,(H2,24,25,26);1H. The summed E-state index contributed by atoms with van der Waals surface area (Å²) in [6.07, 6.45) is 4.57. The first-order chi connectivity index (χ1) is 15.2. The third kappa shape index (κ3) is 7.70. The van der Waals surface area contributed by atoms with Crippen molar-refractivity contribution in [3.63, 3.8) is 0 Å². The quantitative estimate of drug-likeness (QED) is 0.238. The molecule has 1 aromatic heterocycles. The Morgan fingerprint density at radius 2 is 1.94 bits per heavy atom. The minimum atomic E-state index is -0.0699. The molecule has 0 amide bonds. The molecule has 3 rings (SSSR count). The molecule has 1 atom stereocenters. The zero-order valence-corrected chi connectivity index (χ0v) is 21.8. The van der Waals surface area contributed by atoms with E-state index in [9.17, 15) is 0 Å². The van der Waals surface area contributed by atoms with Gasteiger partial charge in [-0.2, -0.15) is 0 Å². The summed E-state index contributed by atoms with van der Waals surface area (Å²) in [5.41, 5.74) is 1.22. The van der Waals surface area contributed by atoms with Crippen molar-refractivity contribution in [3.8, 4) is 0 Å². The predicted octanol–water partition coefficient (Wildman–Crippen LogP) is 2.91. The molecule has 178 valence electrons. The van der Waals surface area contributed by atoms with Crippen molar-refractivity contribution in [1.29, 1.82) is 0 Å². The van der Waals surface area contributed by atoms with Crippen molar-refractivity contribution in [2.45, 2.75) is 58.2 Å². The van der Waals surface area contributed by atoms with Crippen LogP contribution in [0.5, 0.6) is 0 Å². The molecule has 9 heteroatoms. The Bertz CT molecular complexity index is 806. The van der Waals surface area contributed by atoms with Gasteiger partial charge in [0.15, 0.2) is 5.96 Å². The number of ether oxygens (including phenoxy) is 1. The summed E-state index contributed by atoms with van der Waals surface area (Å²) < 4.78 is 7.74. The van der Waals surface area contributed by atoms with Gasteiger partial charge in [-0.1, -0.05) is 37.3 Å². The van der Waals surface area contributed by atoms with E-state index >= 15 is 0 Å². The summed E-state index contributed by atoms with van der Waals surface area (Å²) in [7, 11) is 0. The van der Waals surface area contributed by atoms with Gasteiger partial charge in [-0.15, -0.1) is 34.2 Å². The number of guanidine groups is 1. The second-order valence-corrected chi connectivity index (χ2v) is 8.09. The number of aromatic nitrogens is 3. The molecule has 0 radical (unpaired) electrons. The zero-order chi connectivity index (χ0) is 21.9. The van der Waals surface area contributed by atoms with Gasteiger partial charge in [-0.25, -0.2) is 0 Å². The fraction of sp³-hybridized carbons (Fsp3) is 0.609. The molecule has 2 heterocycles. The number of nitrogens with one attached hydrogen (secondary N) is 3. The summed E-state index contributed by atoms with van der Waals surface area (Å²) in [6.45, 7) is 11.0.